The van der Waals surface area contributed by atoms with E-state index in [4.69, 9.17) is 57.1 Å². The normalized spacial score (nSPS) is 25.0. The summed E-state index contributed by atoms with van der Waals surface area (Å²) in [5.74, 6) is -6.87. The van der Waals surface area contributed by atoms with Gasteiger partial charge in [0.1, 0.15) is 31.2 Å². The second kappa shape index (κ2) is 22.4. The molecule has 0 amide bonds. The van der Waals surface area contributed by atoms with Crippen LogP contribution in [0.1, 0.15) is 79.4 Å². The molecule has 0 saturated carbocycles. The van der Waals surface area contributed by atoms with Crippen molar-refractivity contribution in [1.29, 1.82) is 0 Å². The lowest BCUT2D eigenvalue weighted by Crippen LogP contribution is -2.70. The molecule has 1 spiro atoms. The van der Waals surface area contributed by atoms with Crippen molar-refractivity contribution in [1.82, 2.24) is 0 Å². The minimum atomic E-state index is -1.75. The number of aryl methyl sites for hydroxylation is 2. The molecule has 0 bridgehead atoms. The molecule has 370 valence electrons. The zero-order chi connectivity index (χ0) is 50.2. The fraction of sp³-hybridized carbons (Fsp3) is 0.469. The van der Waals surface area contributed by atoms with Crippen LogP contribution in [0.5, 0.6) is 11.5 Å². The van der Waals surface area contributed by atoms with Crippen molar-refractivity contribution in [3.63, 3.8) is 0 Å². The number of carbonyl (C=O) groups is 8. The molecule has 20 heteroatoms. The number of rotatable bonds is 12. The van der Waals surface area contributed by atoms with E-state index in [2.05, 4.69) is 0 Å². The van der Waals surface area contributed by atoms with E-state index in [0.717, 1.165) is 55.5 Å². The minimum Gasteiger partial charge on any atom is -0.463 e. The van der Waals surface area contributed by atoms with Crippen molar-refractivity contribution in [3.8, 4) is 33.8 Å². The van der Waals surface area contributed by atoms with Crippen LogP contribution < -0.4 is 9.62 Å². The molecule has 9 atom stereocenters. The van der Waals surface area contributed by atoms with E-state index in [1.165, 1.54) is 27.7 Å². The van der Waals surface area contributed by atoms with Gasteiger partial charge in [0, 0.05) is 61.8 Å². The molecule has 3 aliphatic rings. The first-order chi connectivity index (χ1) is 32.7. The fourth-order valence-corrected chi connectivity index (χ4v) is 8.50. The zero-order valence-electron chi connectivity index (χ0n) is 39.3. The van der Waals surface area contributed by atoms with Crippen LogP contribution in [0.3, 0.4) is 0 Å². The summed E-state index contributed by atoms with van der Waals surface area (Å²) in [5.41, 5.74) is 4.70. The third kappa shape index (κ3) is 13.1. The van der Waals surface area contributed by atoms with Crippen molar-refractivity contribution in [2.24, 2.45) is 0 Å². The largest absolute Gasteiger partial charge is 0.463 e. The van der Waals surface area contributed by atoms with Gasteiger partial charge in [-0.25, -0.2) is 0 Å². The Kier molecular flexibility index (Phi) is 16.6. The lowest BCUT2D eigenvalue weighted by Gasteiger charge is -2.52. The number of carbonyl (C=O) groups excluding carboxylic acids is 8. The smallest absolute Gasteiger partial charge is 0.303 e. The number of benzene rings is 3. The van der Waals surface area contributed by atoms with E-state index < -0.39 is 116 Å². The van der Waals surface area contributed by atoms with Crippen LogP contribution in [0.4, 0.5) is 0 Å². The van der Waals surface area contributed by atoms with E-state index in [1.807, 2.05) is 42.5 Å². The van der Waals surface area contributed by atoms with E-state index in [1.54, 1.807) is 18.2 Å². The van der Waals surface area contributed by atoms with Gasteiger partial charge in [-0.3, -0.25) is 38.4 Å². The predicted molar refractivity (Wildman–Crippen MR) is 234 cm³/mol. The summed E-state index contributed by atoms with van der Waals surface area (Å²) in [6.07, 6.45) is -9.85. The van der Waals surface area contributed by atoms with Crippen LogP contribution in [0.25, 0.3) is 22.3 Å². The molecule has 6 rings (SSSR count). The molecule has 0 N–H and O–H groups in total. The summed E-state index contributed by atoms with van der Waals surface area (Å²) in [6.45, 7) is 8.42. The van der Waals surface area contributed by atoms with Crippen LogP contribution >= 0.6 is 0 Å². The first-order valence-electron chi connectivity index (χ1n) is 22.1. The lowest BCUT2D eigenvalue weighted by molar-refractivity contribution is -0.345. The summed E-state index contributed by atoms with van der Waals surface area (Å²) in [6, 6.07) is 18.6. The highest BCUT2D eigenvalue weighted by Crippen LogP contribution is 2.45. The molecular weight excluding hydrogens is 909 g/mol. The summed E-state index contributed by atoms with van der Waals surface area (Å²) >= 11 is 0. The Morgan fingerprint density at radius 2 is 0.942 bits per heavy atom. The van der Waals surface area contributed by atoms with Gasteiger partial charge in [0.2, 0.25) is 6.10 Å². The molecule has 0 unspecified atom stereocenters. The Hall–Kier alpha value is -7.06. The number of hydrogen-bond acceptors (Lipinski definition) is 20. The van der Waals surface area contributed by atoms with Crippen molar-refractivity contribution in [3.05, 3.63) is 71.8 Å². The monoisotopic (exact) mass is 962 g/mol. The standard InChI is InChI=1S/C49H54O20/c1-25(50)58-23-42-45(62-29(5)54)47(64-31(7)56)48(65-32(8)57)49(67-42)20-19-38-22-35(13-16-39(38)66-49)33-9-11-34(12-10-33)36-14-17-40-37(21-36)15-18-41(60-27(3)52)44(61-28(4)53)46(63-30(6)55)43(69-68-40)24-59-26(2)51/h9-14,16-17,21-22,41-48H,15,18-20,23-24H2,1-8H3/t41-,42-,43-,44-,45-,46-,47+,48+,49+/m1/s1. The molecule has 3 aromatic rings. The molecule has 0 aliphatic carbocycles. The molecule has 3 aliphatic heterocycles. The van der Waals surface area contributed by atoms with Gasteiger partial charge in [0.15, 0.2) is 36.3 Å². The van der Waals surface area contributed by atoms with E-state index in [9.17, 15) is 38.4 Å². The highest BCUT2D eigenvalue weighted by molar-refractivity contribution is 5.73. The summed E-state index contributed by atoms with van der Waals surface area (Å²) in [4.78, 5) is 110. The molecule has 1 fully saturated rings. The van der Waals surface area contributed by atoms with Crippen LogP contribution in [0, 0.1) is 0 Å². The fourth-order valence-electron chi connectivity index (χ4n) is 8.50. The van der Waals surface area contributed by atoms with Gasteiger partial charge in [-0.05, 0) is 76.9 Å². The molecular formula is C49H54O20. The Morgan fingerprint density at radius 3 is 1.46 bits per heavy atom. The quantitative estimate of drug-likeness (QED) is 0.135. The highest BCUT2D eigenvalue weighted by Gasteiger charge is 2.62. The Labute approximate surface area is 396 Å². The number of esters is 8. The molecule has 69 heavy (non-hydrogen) atoms. The van der Waals surface area contributed by atoms with Crippen molar-refractivity contribution < 1.29 is 95.5 Å². The average molecular weight is 963 g/mol. The van der Waals surface area contributed by atoms with Crippen LogP contribution in [0.2, 0.25) is 0 Å². The van der Waals surface area contributed by atoms with Gasteiger partial charge in [-0.2, -0.15) is 4.89 Å². The van der Waals surface area contributed by atoms with Crippen LogP contribution in [0.15, 0.2) is 60.7 Å². The molecule has 0 aromatic heterocycles. The third-order valence-electron chi connectivity index (χ3n) is 11.2. The summed E-state index contributed by atoms with van der Waals surface area (Å²) in [7, 11) is 0. The molecule has 0 radical (unpaired) electrons. The highest BCUT2D eigenvalue weighted by atomic mass is 17.2. The van der Waals surface area contributed by atoms with Gasteiger partial charge >= 0.3 is 47.8 Å². The second-order valence-corrected chi connectivity index (χ2v) is 16.6. The maximum absolute atomic E-state index is 12.5. The zero-order valence-corrected chi connectivity index (χ0v) is 39.3. The van der Waals surface area contributed by atoms with Crippen molar-refractivity contribution >= 4 is 47.8 Å². The van der Waals surface area contributed by atoms with Gasteiger partial charge in [-0.1, -0.05) is 36.4 Å². The number of ether oxygens (including phenoxy) is 10. The van der Waals surface area contributed by atoms with Crippen LogP contribution in [-0.2, 0) is 98.7 Å². The Balaban J connectivity index is 1.27. The Morgan fingerprint density at radius 1 is 0.493 bits per heavy atom. The molecule has 3 heterocycles. The van der Waals surface area contributed by atoms with E-state index >= 15 is 0 Å². The van der Waals surface area contributed by atoms with Gasteiger partial charge < -0.3 is 52.3 Å². The van der Waals surface area contributed by atoms with Gasteiger partial charge in [0.25, 0.3) is 5.79 Å². The van der Waals surface area contributed by atoms with Crippen LogP contribution in [-0.4, -0.2) is 116 Å². The predicted octanol–water partition coefficient (Wildman–Crippen LogP) is 4.78. The van der Waals surface area contributed by atoms with Crippen molar-refractivity contribution in [2.75, 3.05) is 13.2 Å². The topological polar surface area (TPSA) is 247 Å². The summed E-state index contributed by atoms with van der Waals surface area (Å²) < 4.78 is 57.1. The average Bonchev–Trinajstić information content (AvgIpc) is 3.27. The lowest BCUT2D eigenvalue weighted by atomic mass is 9.85. The van der Waals surface area contributed by atoms with E-state index in [-0.39, 0.29) is 25.0 Å². The maximum Gasteiger partial charge on any atom is 0.303 e. The summed E-state index contributed by atoms with van der Waals surface area (Å²) in [5, 5.41) is 0. The molecule has 20 nitrogen and oxygen atoms in total. The first kappa shape index (κ1) is 51.3. The SMILES string of the molecule is CC(=O)OC[C@H]1OOc2ccc(-c3ccc(-c4ccc5c(c4)CC[C@]4(O5)O[C@H](COC(C)=O)[C@@H](OC(C)=O)[C@H](OC(C)=O)[C@@H]4OC(C)=O)cc3)cc2CC[C@@H](OC(C)=O)[C@@H](OC(C)=O)[C@@H]1OC(C)=O. The van der Waals surface area contributed by atoms with Crippen molar-refractivity contribution in [2.45, 2.75) is 136 Å². The molecule has 3 aromatic carbocycles. The minimum absolute atomic E-state index is 0.0835. The Bertz CT molecular complexity index is 2430. The maximum atomic E-state index is 12.5. The number of hydrogen-bond donors (Lipinski definition) is 0. The van der Waals surface area contributed by atoms with Gasteiger partial charge in [-0.15, -0.1) is 0 Å². The third-order valence-corrected chi connectivity index (χ3v) is 11.2. The second-order valence-electron chi connectivity index (χ2n) is 16.6. The van der Waals surface area contributed by atoms with Gasteiger partial charge in [0.05, 0.1) is 0 Å². The van der Waals surface area contributed by atoms with E-state index in [0.29, 0.717) is 17.7 Å². The molecule has 1 saturated heterocycles. The first-order valence-corrected chi connectivity index (χ1v) is 22.1. The number of fused-ring (bicyclic) bond motifs is 2.